The van der Waals surface area contributed by atoms with Crippen LogP contribution in [-0.2, 0) is 11.2 Å². The lowest BCUT2D eigenvalue weighted by Crippen LogP contribution is -2.25. The van der Waals surface area contributed by atoms with Crippen molar-refractivity contribution in [2.45, 2.75) is 32.6 Å². The molecule has 21 heavy (non-hydrogen) atoms. The largest absolute Gasteiger partial charge is 0.356 e. The van der Waals surface area contributed by atoms with E-state index in [4.69, 9.17) is 4.52 Å². The van der Waals surface area contributed by atoms with Crippen molar-refractivity contribution in [3.05, 3.63) is 23.4 Å². The Bertz CT molecular complexity index is 594. The second-order valence-electron chi connectivity index (χ2n) is 5.62. The van der Waals surface area contributed by atoms with E-state index in [-0.39, 0.29) is 5.91 Å². The first kappa shape index (κ1) is 14.3. The molecule has 3 rings (SSSR count). The zero-order chi connectivity index (χ0) is 14.7. The van der Waals surface area contributed by atoms with Crippen LogP contribution >= 0.6 is 11.3 Å². The Balaban J connectivity index is 1.38. The van der Waals surface area contributed by atoms with Gasteiger partial charge in [0.2, 0.25) is 17.6 Å². The van der Waals surface area contributed by atoms with Gasteiger partial charge in [0.15, 0.2) is 0 Å². The zero-order valence-electron chi connectivity index (χ0n) is 12.0. The highest BCUT2D eigenvalue weighted by atomic mass is 32.1. The van der Waals surface area contributed by atoms with Crippen molar-refractivity contribution >= 4 is 17.2 Å². The van der Waals surface area contributed by atoms with Crippen molar-refractivity contribution in [3.8, 4) is 10.7 Å². The van der Waals surface area contributed by atoms with E-state index < -0.39 is 0 Å². The molecule has 112 valence electrons. The van der Waals surface area contributed by atoms with Gasteiger partial charge in [0.1, 0.15) is 0 Å². The van der Waals surface area contributed by atoms with E-state index in [1.54, 1.807) is 11.3 Å². The summed E-state index contributed by atoms with van der Waals surface area (Å²) in [4.78, 5) is 17.0. The molecule has 0 aliphatic heterocycles. The van der Waals surface area contributed by atoms with Gasteiger partial charge in [-0.3, -0.25) is 4.79 Å². The molecule has 6 heteroatoms. The van der Waals surface area contributed by atoms with Crippen LogP contribution in [0.2, 0.25) is 0 Å². The number of amides is 1. The maximum atomic E-state index is 11.7. The molecule has 0 unspecified atom stereocenters. The third-order valence-corrected chi connectivity index (χ3v) is 4.71. The Morgan fingerprint density at radius 1 is 1.57 bits per heavy atom. The fourth-order valence-electron chi connectivity index (χ4n) is 2.28. The quantitative estimate of drug-likeness (QED) is 0.854. The van der Waals surface area contributed by atoms with Gasteiger partial charge in [0.25, 0.3) is 0 Å². The molecule has 0 bridgehead atoms. The highest BCUT2D eigenvalue weighted by Crippen LogP contribution is 2.36. The van der Waals surface area contributed by atoms with Gasteiger partial charge in [-0.25, -0.2) is 0 Å². The van der Waals surface area contributed by atoms with E-state index in [9.17, 15) is 4.79 Å². The first-order valence-electron chi connectivity index (χ1n) is 7.35. The smallest absolute Gasteiger partial charge is 0.226 e. The summed E-state index contributed by atoms with van der Waals surface area (Å²) in [6.07, 6.45) is 3.13. The van der Waals surface area contributed by atoms with E-state index in [0.717, 1.165) is 23.8 Å². The topological polar surface area (TPSA) is 68.0 Å². The number of thiophene rings is 1. The molecule has 1 fully saturated rings. The maximum Gasteiger partial charge on any atom is 0.226 e. The van der Waals surface area contributed by atoms with E-state index in [1.807, 2.05) is 17.5 Å². The summed E-state index contributed by atoms with van der Waals surface area (Å²) in [6.45, 7) is 3.04. The van der Waals surface area contributed by atoms with Crippen LogP contribution in [0.3, 0.4) is 0 Å². The summed E-state index contributed by atoms with van der Waals surface area (Å²) in [5.74, 6) is 2.82. The second-order valence-corrected chi connectivity index (χ2v) is 6.57. The summed E-state index contributed by atoms with van der Waals surface area (Å²) >= 11 is 1.58. The molecule has 1 aliphatic carbocycles. The minimum Gasteiger partial charge on any atom is -0.356 e. The Kier molecular flexibility index (Phi) is 4.34. The molecular formula is C15H19N3O2S. The van der Waals surface area contributed by atoms with Gasteiger partial charge in [0, 0.05) is 19.4 Å². The molecule has 1 amide bonds. The number of nitrogens with zero attached hydrogens (tertiary/aromatic N) is 2. The highest BCUT2D eigenvalue weighted by molar-refractivity contribution is 7.13. The SMILES string of the molecule is C[C@@H]1C[C@@H]1CNC(=O)CCCc1nc(-c2cccs2)no1. The molecule has 0 radical (unpaired) electrons. The van der Waals surface area contributed by atoms with Crippen molar-refractivity contribution in [3.63, 3.8) is 0 Å². The number of aryl methyl sites for hydroxylation is 1. The number of hydrogen-bond donors (Lipinski definition) is 1. The highest BCUT2D eigenvalue weighted by Gasteiger charge is 2.32. The van der Waals surface area contributed by atoms with Gasteiger partial charge < -0.3 is 9.84 Å². The van der Waals surface area contributed by atoms with Crippen molar-refractivity contribution in [2.75, 3.05) is 6.54 Å². The van der Waals surface area contributed by atoms with Crippen LogP contribution in [0.25, 0.3) is 10.7 Å². The van der Waals surface area contributed by atoms with Gasteiger partial charge in [-0.05, 0) is 36.1 Å². The summed E-state index contributed by atoms with van der Waals surface area (Å²) < 4.78 is 5.21. The molecular weight excluding hydrogens is 286 g/mol. The molecule has 0 saturated heterocycles. The first-order chi connectivity index (χ1) is 10.2. The number of nitrogens with one attached hydrogen (secondary N) is 1. The van der Waals surface area contributed by atoms with Crippen LogP contribution in [0.5, 0.6) is 0 Å². The lowest BCUT2D eigenvalue weighted by atomic mass is 10.2. The second kappa shape index (κ2) is 6.39. The standard InChI is InChI=1S/C15H19N3O2S/c1-10-8-11(10)9-16-13(19)5-2-6-14-17-15(18-20-14)12-4-3-7-21-12/h3-4,7,10-11H,2,5-6,8-9H2,1H3,(H,16,19)/t10-,11-/m1/s1. The minimum atomic E-state index is 0.118. The Labute approximate surface area is 127 Å². The fraction of sp³-hybridized carbons (Fsp3) is 0.533. The summed E-state index contributed by atoms with van der Waals surface area (Å²) in [6, 6.07) is 3.92. The number of aromatic nitrogens is 2. The Morgan fingerprint density at radius 2 is 2.43 bits per heavy atom. The molecule has 2 aromatic heterocycles. The van der Waals surface area contributed by atoms with Crippen LogP contribution in [-0.4, -0.2) is 22.6 Å². The molecule has 1 saturated carbocycles. The third kappa shape index (κ3) is 3.91. The summed E-state index contributed by atoms with van der Waals surface area (Å²) in [5.41, 5.74) is 0. The molecule has 2 heterocycles. The number of hydrogen-bond acceptors (Lipinski definition) is 5. The molecule has 2 aromatic rings. The van der Waals surface area contributed by atoms with Gasteiger partial charge in [-0.2, -0.15) is 4.98 Å². The number of carbonyl (C=O) groups is 1. The Morgan fingerprint density at radius 3 is 3.14 bits per heavy atom. The zero-order valence-corrected chi connectivity index (χ0v) is 12.9. The van der Waals surface area contributed by atoms with E-state index in [2.05, 4.69) is 22.4 Å². The van der Waals surface area contributed by atoms with Crippen molar-refractivity contribution in [1.82, 2.24) is 15.5 Å². The predicted octanol–water partition coefficient (Wildman–Crippen LogP) is 2.89. The van der Waals surface area contributed by atoms with Gasteiger partial charge >= 0.3 is 0 Å². The van der Waals surface area contributed by atoms with Crippen molar-refractivity contribution in [1.29, 1.82) is 0 Å². The lowest BCUT2D eigenvalue weighted by Gasteiger charge is -2.02. The first-order valence-corrected chi connectivity index (χ1v) is 8.23. The summed E-state index contributed by atoms with van der Waals surface area (Å²) in [5, 5.41) is 8.92. The molecule has 5 nitrogen and oxygen atoms in total. The van der Waals surface area contributed by atoms with E-state index >= 15 is 0 Å². The monoisotopic (exact) mass is 305 g/mol. The minimum absolute atomic E-state index is 0.118. The van der Waals surface area contributed by atoms with Crippen LogP contribution < -0.4 is 5.32 Å². The fourth-order valence-corrected chi connectivity index (χ4v) is 2.93. The predicted molar refractivity (Wildman–Crippen MR) is 80.8 cm³/mol. The maximum absolute atomic E-state index is 11.7. The molecule has 0 spiro atoms. The van der Waals surface area contributed by atoms with Crippen molar-refractivity contribution < 1.29 is 9.32 Å². The average molecular weight is 305 g/mol. The lowest BCUT2D eigenvalue weighted by molar-refractivity contribution is -0.121. The van der Waals surface area contributed by atoms with Crippen LogP contribution in [0.1, 0.15) is 32.1 Å². The van der Waals surface area contributed by atoms with Gasteiger partial charge in [-0.15, -0.1) is 11.3 Å². The van der Waals surface area contributed by atoms with E-state index in [0.29, 0.717) is 30.5 Å². The third-order valence-electron chi connectivity index (χ3n) is 3.84. The number of rotatable bonds is 7. The normalized spacial score (nSPS) is 20.4. The Hall–Kier alpha value is -1.69. The van der Waals surface area contributed by atoms with Gasteiger partial charge in [0.05, 0.1) is 4.88 Å². The average Bonchev–Trinajstić information content (AvgIpc) is 2.93. The molecule has 2 atom stereocenters. The van der Waals surface area contributed by atoms with Crippen LogP contribution in [0.15, 0.2) is 22.0 Å². The van der Waals surface area contributed by atoms with Crippen LogP contribution in [0.4, 0.5) is 0 Å². The van der Waals surface area contributed by atoms with Gasteiger partial charge in [-0.1, -0.05) is 18.1 Å². The molecule has 1 N–H and O–H groups in total. The summed E-state index contributed by atoms with van der Waals surface area (Å²) in [7, 11) is 0. The van der Waals surface area contributed by atoms with E-state index in [1.165, 1.54) is 6.42 Å². The number of carbonyl (C=O) groups excluding carboxylic acids is 1. The molecule has 0 aromatic carbocycles. The van der Waals surface area contributed by atoms with Crippen molar-refractivity contribution in [2.24, 2.45) is 11.8 Å². The van der Waals surface area contributed by atoms with Crippen LogP contribution in [0, 0.1) is 11.8 Å². The molecule has 1 aliphatic rings.